The van der Waals surface area contributed by atoms with Gasteiger partial charge in [0.2, 0.25) is 0 Å². The summed E-state index contributed by atoms with van der Waals surface area (Å²) in [4.78, 5) is 5.51. The molecule has 0 atom stereocenters. The van der Waals surface area contributed by atoms with Crippen molar-refractivity contribution in [3.8, 4) is 0 Å². The van der Waals surface area contributed by atoms with Gasteiger partial charge in [-0.15, -0.1) is 0 Å². The van der Waals surface area contributed by atoms with Gasteiger partial charge in [0, 0.05) is 5.56 Å². The van der Waals surface area contributed by atoms with Crippen molar-refractivity contribution < 1.29 is 4.84 Å². The van der Waals surface area contributed by atoms with Gasteiger partial charge in [-0.1, -0.05) is 108 Å². The molecule has 128 valence electrons. The molecule has 2 nitrogen and oxygen atoms in total. The van der Waals surface area contributed by atoms with Crippen LogP contribution in [-0.4, -0.2) is 12.3 Å². The van der Waals surface area contributed by atoms with Crippen molar-refractivity contribution in [3.63, 3.8) is 0 Å². The second-order valence-electron chi connectivity index (χ2n) is 5.70. The van der Waals surface area contributed by atoms with E-state index >= 15 is 0 Å². The molecule has 0 spiro atoms. The fourth-order valence-corrected chi connectivity index (χ4v) is 2.43. The van der Waals surface area contributed by atoms with E-state index in [0.29, 0.717) is 6.61 Å². The monoisotopic (exact) mass is 339 g/mol. The number of oxime groups is 1. The smallest absolute Gasteiger partial charge is 0.135 e. The maximum atomic E-state index is 5.51. The predicted molar refractivity (Wildman–Crippen MR) is 110 cm³/mol. The van der Waals surface area contributed by atoms with Crippen LogP contribution in [0.1, 0.15) is 16.7 Å². The molecule has 0 aliphatic heterocycles. The largest absolute Gasteiger partial charge is 0.391 e. The topological polar surface area (TPSA) is 21.6 Å². The molecule has 0 unspecified atom stereocenters. The maximum absolute atomic E-state index is 5.51. The number of hydrogen-bond acceptors (Lipinski definition) is 2. The number of rotatable bonds is 7. The summed E-state index contributed by atoms with van der Waals surface area (Å²) < 4.78 is 0. The summed E-state index contributed by atoms with van der Waals surface area (Å²) in [6, 6.07) is 30.3. The molecular formula is C24H21NO. The minimum atomic E-state index is 0.421. The van der Waals surface area contributed by atoms with Crippen molar-refractivity contribution in [2.75, 3.05) is 6.61 Å². The van der Waals surface area contributed by atoms with E-state index in [4.69, 9.17) is 4.84 Å². The first-order valence-corrected chi connectivity index (χ1v) is 8.62. The highest BCUT2D eigenvalue weighted by atomic mass is 16.6. The Labute approximate surface area is 154 Å². The lowest BCUT2D eigenvalue weighted by atomic mass is 10.1. The van der Waals surface area contributed by atoms with Gasteiger partial charge in [0.15, 0.2) is 0 Å². The molecule has 0 heterocycles. The van der Waals surface area contributed by atoms with Crippen molar-refractivity contribution in [1.29, 1.82) is 0 Å². The van der Waals surface area contributed by atoms with Crippen LogP contribution in [0.4, 0.5) is 0 Å². The summed E-state index contributed by atoms with van der Waals surface area (Å²) in [5.41, 5.74) is 4.08. The van der Waals surface area contributed by atoms with Crippen LogP contribution >= 0.6 is 0 Å². The van der Waals surface area contributed by atoms with Gasteiger partial charge in [-0.3, -0.25) is 0 Å². The average Bonchev–Trinajstić information content (AvgIpc) is 2.72. The number of allylic oxidation sites excluding steroid dienone is 1. The molecule has 0 radical (unpaired) electrons. The maximum Gasteiger partial charge on any atom is 0.135 e. The van der Waals surface area contributed by atoms with Gasteiger partial charge in [-0.2, -0.15) is 0 Å². The minimum absolute atomic E-state index is 0.421. The molecule has 0 bridgehead atoms. The zero-order chi connectivity index (χ0) is 17.9. The quantitative estimate of drug-likeness (QED) is 0.301. The normalized spacial score (nSPS) is 11.9. The first-order valence-electron chi connectivity index (χ1n) is 8.62. The van der Waals surface area contributed by atoms with Gasteiger partial charge in [0.05, 0.1) is 0 Å². The van der Waals surface area contributed by atoms with E-state index in [1.807, 2.05) is 91.0 Å². The lowest BCUT2D eigenvalue weighted by Gasteiger charge is -2.02. The fourth-order valence-electron chi connectivity index (χ4n) is 2.43. The number of nitrogens with zero attached hydrogens (tertiary/aromatic N) is 1. The molecule has 2 heteroatoms. The van der Waals surface area contributed by atoms with E-state index in [1.165, 1.54) is 0 Å². The van der Waals surface area contributed by atoms with Crippen molar-refractivity contribution in [3.05, 3.63) is 120 Å². The summed E-state index contributed by atoms with van der Waals surface area (Å²) in [7, 11) is 0. The molecule has 0 saturated heterocycles. The van der Waals surface area contributed by atoms with Crippen molar-refractivity contribution in [2.45, 2.75) is 0 Å². The zero-order valence-corrected chi connectivity index (χ0v) is 14.5. The Morgan fingerprint density at radius 1 is 0.692 bits per heavy atom. The second-order valence-corrected chi connectivity index (χ2v) is 5.70. The number of benzene rings is 3. The first kappa shape index (κ1) is 17.4. The third-order valence-corrected chi connectivity index (χ3v) is 3.75. The van der Waals surface area contributed by atoms with Gasteiger partial charge in [0.1, 0.15) is 12.3 Å². The van der Waals surface area contributed by atoms with Crippen molar-refractivity contribution in [2.24, 2.45) is 5.16 Å². The van der Waals surface area contributed by atoms with Gasteiger partial charge in [-0.25, -0.2) is 0 Å². The average molecular weight is 339 g/mol. The van der Waals surface area contributed by atoms with Crippen molar-refractivity contribution in [1.82, 2.24) is 0 Å². The van der Waals surface area contributed by atoms with E-state index in [1.54, 1.807) is 0 Å². The predicted octanol–water partition coefficient (Wildman–Crippen LogP) is 5.83. The minimum Gasteiger partial charge on any atom is -0.391 e. The Kier molecular flexibility index (Phi) is 6.57. The third kappa shape index (κ3) is 5.60. The summed E-state index contributed by atoms with van der Waals surface area (Å²) in [6.07, 6.45) is 8.00. The van der Waals surface area contributed by atoms with E-state index < -0.39 is 0 Å². The van der Waals surface area contributed by atoms with E-state index in [0.717, 1.165) is 22.4 Å². The van der Waals surface area contributed by atoms with Gasteiger partial charge < -0.3 is 4.84 Å². The lowest BCUT2D eigenvalue weighted by molar-refractivity contribution is 0.175. The Morgan fingerprint density at radius 2 is 1.23 bits per heavy atom. The summed E-state index contributed by atoms with van der Waals surface area (Å²) >= 11 is 0. The molecule has 0 aliphatic carbocycles. The van der Waals surface area contributed by atoms with E-state index in [-0.39, 0.29) is 0 Å². The second kappa shape index (κ2) is 9.80. The zero-order valence-electron chi connectivity index (χ0n) is 14.5. The molecule has 3 rings (SSSR count). The first-order chi connectivity index (χ1) is 12.9. The van der Waals surface area contributed by atoms with Crippen LogP contribution in [0, 0.1) is 0 Å². The van der Waals surface area contributed by atoms with Gasteiger partial charge in [0.25, 0.3) is 0 Å². The summed E-state index contributed by atoms with van der Waals surface area (Å²) in [6.45, 7) is 0.421. The van der Waals surface area contributed by atoms with Crippen LogP contribution in [0.15, 0.2) is 108 Å². The van der Waals surface area contributed by atoms with Crippen molar-refractivity contribution >= 4 is 17.9 Å². The molecule has 3 aromatic carbocycles. The molecule has 0 N–H and O–H groups in total. The van der Waals surface area contributed by atoms with Crippen LogP contribution < -0.4 is 0 Å². The molecule has 0 amide bonds. The Balaban J connectivity index is 1.68. The number of hydrogen-bond donors (Lipinski definition) is 0. The summed E-state index contributed by atoms with van der Waals surface area (Å²) in [5, 5.41) is 4.32. The van der Waals surface area contributed by atoms with Crippen LogP contribution in [0.3, 0.4) is 0 Å². The summed E-state index contributed by atoms with van der Waals surface area (Å²) in [5.74, 6) is 0. The molecule has 0 aromatic heterocycles. The highest BCUT2D eigenvalue weighted by molar-refractivity contribution is 6.10. The van der Waals surface area contributed by atoms with Crippen LogP contribution in [0.2, 0.25) is 0 Å². The molecular weight excluding hydrogens is 318 g/mol. The third-order valence-electron chi connectivity index (χ3n) is 3.75. The molecule has 26 heavy (non-hydrogen) atoms. The lowest BCUT2D eigenvalue weighted by Crippen LogP contribution is -1.98. The Morgan fingerprint density at radius 3 is 1.85 bits per heavy atom. The molecule has 0 fully saturated rings. The van der Waals surface area contributed by atoms with E-state index in [9.17, 15) is 0 Å². The Hall–Kier alpha value is -3.39. The highest BCUT2D eigenvalue weighted by Gasteiger charge is 1.99. The molecule has 0 aliphatic rings. The SMILES string of the molecule is C(=C\c1ccccc1)/CO/N=C(/C=C/c1ccccc1)c1ccccc1. The molecule has 0 saturated carbocycles. The van der Waals surface area contributed by atoms with Gasteiger partial charge in [-0.05, 0) is 23.3 Å². The van der Waals surface area contributed by atoms with Crippen LogP contribution in [0.5, 0.6) is 0 Å². The van der Waals surface area contributed by atoms with Crippen LogP contribution in [-0.2, 0) is 4.84 Å². The highest BCUT2D eigenvalue weighted by Crippen LogP contribution is 2.07. The van der Waals surface area contributed by atoms with Crippen LogP contribution in [0.25, 0.3) is 12.2 Å². The standard InChI is InChI=1S/C24H21NO/c1-4-11-21(12-5-1)15-10-20-26-25-24(23-16-8-3-9-17-23)19-18-22-13-6-2-7-14-22/h1-19H,20H2/b15-10+,19-18+,25-24-. The Bertz CT molecular complexity index is 866. The van der Waals surface area contributed by atoms with E-state index in [2.05, 4.69) is 29.4 Å². The fraction of sp³-hybridized carbons (Fsp3) is 0.0417. The molecule has 3 aromatic rings. The van der Waals surface area contributed by atoms with Gasteiger partial charge >= 0.3 is 0 Å².